The Kier molecular flexibility index (Phi) is 12.8. The molecule has 21 heteroatoms. The predicted octanol–water partition coefficient (Wildman–Crippen LogP) is 3.78. The maximum atomic E-state index is 13.4. The summed E-state index contributed by atoms with van der Waals surface area (Å²) in [5, 5.41) is 23.0. The van der Waals surface area contributed by atoms with E-state index in [9.17, 15) is 31.1 Å². The maximum absolute atomic E-state index is 13.4. The number of aromatic amines is 1. The van der Waals surface area contributed by atoms with Gasteiger partial charge < -0.3 is 25.6 Å². The van der Waals surface area contributed by atoms with Gasteiger partial charge in [0.25, 0.3) is 0 Å². The third kappa shape index (κ3) is 11.0. The van der Waals surface area contributed by atoms with Crippen molar-refractivity contribution in [2.45, 2.75) is 31.5 Å². The van der Waals surface area contributed by atoms with Crippen LogP contribution in [0.5, 0.6) is 0 Å². The summed E-state index contributed by atoms with van der Waals surface area (Å²) in [6.07, 6.45) is -8.72. The first-order valence-corrected chi connectivity index (χ1v) is 14.1. The van der Waals surface area contributed by atoms with Crippen LogP contribution in [0, 0.1) is 0 Å². The van der Waals surface area contributed by atoms with Gasteiger partial charge in [-0.15, -0.1) is 0 Å². The zero-order valence-corrected chi connectivity index (χ0v) is 25.9. The molecule has 5 rings (SSSR count). The van der Waals surface area contributed by atoms with E-state index in [1.54, 1.807) is 19.2 Å². The second-order valence-corrected chi connectivity index (χ2v) is 10.5. The Morgan fingerprint density at radius 1 is 1.00 bits per heavy atom. The highest BCUT2D eigenvalue weighted by Gasteiger charge is 2.39. The number of H-pyrrole nitrogens is 1. The highest BCUT2D eigenvalue weighted by molar-refractivity contribution is 6.30. The number of carbonyl (C=O) groups is 3. The summed E-state index contributed by atoms with van der Waals surface area (Å²) in [5.41, 5.74) is 8.54. The number of nitrogens with two attached hydrogens (primary N) is 1. The lowest BCUT2D eigenvalue weighted by molar-refractivity contribution is -0.193. The van der Waals surface area contributed by atoms with Crippen LogP contribution in [0.15, 0.2) is 48.8 Å². The van der Waals surface area contributed by atoms with Crippen LogP contribution in [0.3, 0.4) is 0 Å². The number of halogens is 7. The number of fused-ring (bicyclic) bond motifs is 1. The first-order chi connectivity index (χ1) is 22.9. The monoisotopic (exact) mass is 720 g/mol. The number of rotatable bonds is 7. The van der Waals surface area contributed by atoms with Crippen LogP contribution in [-0.2, 0) is 32.2 Å². The van der Waals surface area contributed by atoms with Crippen molar-refractivity contribution in [3.63, 3.8) is 0 Å². The van der Waals surface area contributed by atoms with Gasteiger partial charge in [0.1, 0.15) is 24.0 Å². The van der Waals surface area contributed by atoms with Crippen LogP contribution >= 0.6 is 11.6 Å². The molecule has 0 bridgehead atoms. The minimum absolute atomic E-state index is 0.0119. The average Bonchev–Trinajstić information content (AvgIpc) is 3.49. The summed E-state index contributed by atoms with van der Waals surface area (Å²) < 4.78 is 68.9. The molecule has 1 fully saturated rings. The number of hydrogen-bond acceptors (Lipinski definition) is 10. The summed E-state index contributed by atoms with van der Waals surface area (Å²) in [5.74, 6) is -3.79. The zero-order chi connectivity index (χ0) is 36.5. The smallest absolute Gasteiger partial charge is 0.475 e. The fourth-order valence-electron chi connectivity index (χ4n) is 4.29. The molecule has 2 aromatic heterocycles. The lowest BCUT2D eigenvalue weighted by Gasteiger charge is -2.40. The van der Waals surface area contributed by atoms with E-state index in [0.29, 0.717) is 48.7 Å². The molecule has 49 heavy (non-hydrogen) atoms. The van der Waals surface area contributed by atoms with Crippen LogP contribution in [0.1, 0.15) is 11.4 Å². The van der Waals surface area contributed by atoms with Gasteiger partial charge in [-0.25, -0.2) is 24.5 Å². The molecule has 264 valence electrons. The normalized spacial score (nSPS) is 15.2. The Hall–Kier alpha value is -5.08. The van der Waals surface area contributed by atoms with Crippen molar-refractivity contribution in [2.24, 2.45) is 0 Å². The molecule has 3 heterocycles. The Morgan fingerprint density at radius 3 is 2.18 bits per heavy atom. The van der Waals surface area contributed by atoms with Crippen molar-refractivity contribution < 1.29 is 55.7 Å². The number of nitrogens with one attached hydrogen (secondary N) is 1. The number of anilines is 1. The summed E-state index contributed by atoms with van der Waals surface area (Å²) in [6.45, 7) is 2.49. The van der Waals surface area contributed by atoms with E-state index >= 15 is 0 Å². The van der Waals surface area contributed by atoms with Gasteiger partial charge in [-0.3, -0.25) is 14.8 Å². The van der Waals surface area contributed by atoms with Gasteiger partial charge in [0.15, 0.2) is 5.82 Å². The molecule has 0 spiro atoms. The number of ether oxygens (including phenoxy) is 1. The molecule has 0 unspecified atom stereocenters. The number of aromatic nitrogens is 5. The highest BCUT2D eigenvalue weighted by atomic mass is 35.5. The van der Waals surface area contributed by atoms with Gasteiger partial charge in [0, 0.05) is 42.7 Å². The first kappa shape index (κ1) is 38.4. The summed E-state index contributed by atoms with van der Waals surface area (Å²) >= 11 is 5.97. The molecule has 1 amide bonds. The number of piperazine rings is 1. The zero-order valence-electron chi connectivity index (χ0n) is 25.2. The fraction of sp³-hybridized carbons (Fsp3) is 0.321. The van der Waals surface area contributed by atoms with Crippen LogP contribution in [0.4, 0.5) is 32.2 Å². The Morgan fingerprint density at radius 2 is 1.61 bits per heavy atom. The number of amides is 1. The largest absolute Gasteiger partial charge is 0.490 e. The third-order valence-corrected chi connectivity index (χ3v) is 6.85. The lowest BCUT2D eigenvalue weighted by atomic mass is 10.1. The standard InChI is InChI=1S/C24H25ClN8O2.2C2HF3O2/c1-35-13-20-24(34)33(11-15-2-7-18-19(10-15)27-14-28-22(18)26)9-8-32(20)12-21-29-23(31-30-21)16-3-5-17(25)6-4-16;2*3-2(4,5)1(6)7/h2-7,10,14,20H,8-9,11-13H2,1H3,(H2,26,27,28)(H,29,30,31);2*(H,6,7)/t20-;;/m0../s1. The number of aliphatic carboxylic acids is 2. The quantitative estimate of drug-likeness (QED) is 0.202. The van der Waals surface area contributed by atoms with Crippen molar-refractivity contribution in [2.75, 3.05) is 32.5 Å². The molecule has 0 aliphatic carbocycles. The maximum Gasteiger partial charge on any atom is 0.490 e. The van der Waals surface area contributed by atoms with Gasteiger partial charge in [0.05, 0.1) is 18.7 Å². The van der Waals surface area contributed by atoms with E-state index in [0.717, 1.165) is 22.0 Å². The van der Waals surface area contributed by atoms with Gasteiger partial charge in [-0.1, -0.05) is 17.7 Å². The van der Waals surface area contributed by atoms with Gasteiger partial charge >= 0.3 is 24.3 Å². The summed E-state index contributed by atoms with van der Waals surface area (Å²) in [7, 11) is 1.60. The van der Waals surface area contributed by atoms with Crippen molar-refractivity contribution >= 4 is 46.2 Å². The molecule has 2 aromatic carbocycles. The number of benzene rings is 2. The molecule has 14 nitrogen and oxygen atoms in total. The molecule has 0 radical (unpaired) electrons. The van der Waals surface area contributed by atoms with Crippen LogP contribution in [0.2, 0.25) is 5.02 Å². The topological polar surface area (TPSA) is 201 Å². The average molecular weight is 721 g/mol. The molecule has 1 aliphatic rings. The van der Waals surface area contributed by atoms with E-state index in [1.165, 1.54) is 6.33 Å². The number of carboxylic acid groups (broad SMARTS) is 2. The Balaban J connectivity index is 0.000000392. The van der Waals surface area contributed by atoms with Crippen LogP contribution in [0.25, 0.3) is 22.3 Å². The highest BCUT2D eigenvalue weighted by Crippen LogP contribution is 2.23. The number of alkyl halides is 6. The minimum Gasteiger partial charge on any atom is -0.475 e. The summed E-state index contributed by atoms with van der Waals surface area (Å²) in [4.78, 5) is 48.0. The van der Waals surface area contributed by atoms with Crippen molar-refractivity contribution in [1.29, 1.82) is 0 Å². The van der Waals surface area contributed by atoms with Gasteiger partial charge in [-0.05, 0) is 42.0 Å². The second kappa shape index (κ2) is 16.3. The third-order valence-electron chi connectivity index (χ3n) is 6.60. The number of methoxy groups -OCH3 is 1. The fourth-order valence-corrected chi connectivity index (χ4v) is 4.42. The number of carbonyl (C=O) groups excluding carboxylic acids is 1. The lowest BCUT2D eigenvalue weighted by Crippen LogP contribution is -2.57. The van der Waals surface area contributed by atoms with E-state index in [1.807, 2.05) is 35.2 Å². The number of nitrogen functional groups attached to an aromatic ring is 1. The molecule has 5 N–H and O–H groups in total. The summed E-state index contributed by atoms with van der Waals surface area (Å²) in [6, 6.07) is 12.7. The molecule has 0 saturated carbocycles. The van der Waals surface area contributed by atoms with E-state index in [-0.39, 0.29) is 12.5 Å². The van der Waals surface area contributed by atoms with Gasteiger partial charge in [-0.2, -0.15) is 31.4 Å². The van der Waals surface area contributed by atoms with Crippen molar-refractivity contribution in [3.05, 3.63) is 65.2 Å². The van der Waals surface area contributed by atoms with E-state index < -0.39 is 30.3 Å². The molecule has 4 aromatic rings. The number of nitrogens with zero attached hydrogens (tertiary/aromatic N) is 6. The molecule has 1 aliphatic heterocycles. The van der Waals surface area contributed by atoms with Crippen molar-refractivity contribution in [3.8, 4) is 11.4 Å². The first-order valence-electron chi connectivity index (χ1n) is 13.7. The van der Waals surface area contributed by atoms with E-state index in [4.69, 9.17) is 41.9 Å². The van der Waals surface area contributed by atoms with E-state index in [2.05, 4.69) is 30.0 Å². The molecule has 1 saturated heterocycles. The Bertz CT molecular complexity index is 1730. The minimum atomic E-state index is -5.08. The SMILES string of the molecule is COC[C@H]1C(=O)N(Cc2ccc3c(N)ncnc3c2)CCN1Cc1nc(-c2ccc(Cl)cc2)n[nH]1.O=C(O)C(F)(F)F.O=C(O)C(F)(F)F. The number of hydrogen-bond donors (Lipinski definition) is 4. The van der Waals surface area contributed by atoms with Crippen molar-refractivity contribution in [1.82, 2.24) is 34.9 Å². The molecular formula is C28H27ClF6N8O6. The second-order valence-electron chi connectivity index (χ2n) is 10.0. The van der Waals surface area contributed by atoms with Crippen LogP contribution in [-0.4, -0.2) is 108 Å². The predicted molar refractivity (Wildman–Crippen MR) is 160 cm³/mol. The molecule has 1 atom stereocenters. The number of carboxylic acids is 2. The van der Waals surface area contributed by atoms with Crippen LogP contribution < -0.4 is 5.73 Å². The Labute approximate surface area is 277 Å². The van der Waals surface area contributed by atoms with Gasteiger partial charge in [0.2, 0.25) is 5.91 Å². The molecular weight excluding hydrogens is 694 g/mol.